The molecule has 0 aromatic heterocycles. The van der Waals surface area contributed by atoms with Crippen molar-refractivity contribution in [1.82, 2.24) is 0 Å². The van der Waals surface area contributed by atoms with Gasteiger partial charge in [0.2, 0.25) is 0 Å². The third-order valence-corrected chi connectivity index (χ3v) is 5.71. The molecular weight excluding hydrogens is 419 g/mol. The van der Waals surface area contributed by atoms with E-state index in [9.17, 15) is 14.3 Å². The number of benzene rings is 3. The van der Waals surface area contributed by atoms with Gasteiger partial charge in [-0.1, -0.05) is 42.0 Å². The first-order valence-electron chi connectivity index (χ1n) is 9.68. The van der Waals surface area contributed by atoms with Gasteiger partial charge < -0.3 is 14.6 Å². The van der Waals surface area contributed by atoms with E-state index in [-0.39, 0.29) is 16.6 Å². The van der Waals surface area contributed by atoms with Gasteiger partial charge in [0.25, 0.3) is 0 Å². The van der Waals surface area contributed by atoms with Crippen molar-refractivity contribution in [2.45, 2.75) is 12.5 Å². The standard InChI is InChI=1S/C25H20ClFO4/c1-30-17-8-10-18-15(13-17)5-9-19(20-11-12-21(27)25(31-2)23(20)26)22(18)24(29)14-3-6-16(28)7-4-14/h3-6,8-13,16,28H,7H2,1-2H3. The Morgan fingerprint density at radius 3 is 2.55 bits per heavy atom. The molecule has 158 valence electrons. The van der Waals surface area contributed by atoms with E-state index in [2.05, 4.69) is 0 Å². The number of hydrogen-bond donors (Lipinski definition) is 1. The number of allylic oxidation sites excluding steroid dienone is 2. The van der Waals surface area contributed by atoms with Crippen molar-refractivity contribution in [3.05, 3.63) is 82.7 Å². The van der Waals surface area contributed by atoms with Gasteiger partial charge in [-0.2, -0.15) is 0 Å². The number of aliphatic hydroxyl groups is 1. The maximum Gasteiger partial charge on any atom is 0.193 e. The Balaban J connectivity index is 1.99. The first kappa shape index (κ1) is 21.1. The average molecular weight is 439 g/mol. The van der Waals surface area contributed by atoms with Crippen molar-refractivity contribution >= 4 is 28.2 Å². The molecule has 6 heteroatoms. The minimum Gasteiger partial charge on any atom is -0.497 e. The number of halogens is 2. The summed E-state index contributed by atoms with van der Waals surface area (Å²) in [5.74, 6) is -0.206. The van der Waals surface area contributed by atoms with Crippen molar-refractivity contribution < 1.29 is 23.8 Å². The van der Waals surface area contributed by atoms with E-state index in [1.54, 1.807) is 37.5 Å². The van der Waals surface area contributed by atoms with Crippen LogP contribution in [0.5, 0.6) is 11.5 Å². The fourth-order valence-corrected chi connectivity index (χ4v) is 4.09. The predicted molar refractivity (Wildman–Crippen MR) is 120 cm³/mol. The lowest BCUT2D eigenvalue weighted by atomic mass is 9.87. The zero-order valence-electron chi connectivity index (χ0n) is 17.0. The van der Waals surface area contributed by atoms with Gasteiger partial charge in [0.1, 0.15) is 5.75 Å². The second-order valence-corrected chi connectivity index (χ2v) is 7.55. The zero-order chi connectivity index (χ0) is 22.1. The molecule has 1 atom stereocenters. The molecular formula is C25H20ClFO4. The highest BCUT2D eigenvalue weighted by Crippen LogP contribution is 2.41. The smallest absolute Gasteiger partial charge is 0.193 e. The van der Waals surface area contributed by atoms with Crippen LogP contribution in [0.4, 0.5) is 4.39 Å². The van der Waals surface area contributed by atoms with E-state index >= 15 is 0 Å². The molecule has 3 aromatic carbocycles. The number of hydrogen-bond acceptors (Lipinski definition) is 4. The summed E-state index contributed by atoms with van der Waals surface area (Å²) in [6, 6.07) is 11.9. The summed E-state index contributed by atoms with van der Waals surface area (Å²) >= 11 is 6.47. The van der Waals surface area contributed by atoms with Crippen molar-refractivity contribution in [1.29, 1.82) is 0 Å². The van der Waals surface area contributed by atoms with Gasteiger partial charge in [-0.3, -0.25) is 4.79 Å². The van der Waals surface area contributed by atoms with Crippen LogP contribution < -0.4 is 9.47 Å². The van der Waals surface area contributed by atoms with Gasteiger partial charge in [0, 0.05) is 16.7 Å². The first-order chi connectivity index (χ1) is 14.9. The first-order valence-corrected chi connectivity index (χ1v) is 10.1. The minimum absolute atomic E-state index is 0.0766. The molecule has 1 N–H and O–H groups in total. The van der Waals surface area contributed by atoms with Gasteiger partial charge in [-0.15, -0.1) is 0 Å². The van der Waals surface area contributed by atoms with Gasteiger partial charge >= 0.3 is 0 Å². The van der Waals surface area contributed by atoms with Crippen molar-refractivity contribution in [3.63, 3.8) is 0 Å². The Hall–Kier alpha value is -3.15. The molecule has 31 heavy (non-hydrogen) atoms. The van der Waals surface area contributed by atoms with Crippen LogP contribution in [-0.2, 0) is 0 Å². The second-order valence-electron chi connectivity index (χ2n) is 7.17. The third-order valence-electron chi connectivity index (χ3n) is 5.34. The lowest BCUT2D eigenvalue weighted by Crippen LogP contribution is -2.11. The normalized spacial score (nSPS) is 15.6. The molecule has 0 saturated carbocycles. The number of ketones is 1. The van der Waals surface area contributed by atoms with E-state index in [4.69, 9.17) is 21.1 Å². The molecule has 0 heterocycles. The van der Waals surface area contributed by atoms with Crippen LogP contribution >= 0.6 is 11.6 Å². The van der Waals surface area contributed by atoms with Gasteiger partial charge in [0.05, 0.1) is 25.3 Å². The molecule has 0 aliphatic heterocycles. The number of fused-ring (bicyclic) bond motifs is 1. The second kappa shape index (κ2) is 8.53. The SMILES string of the molecule is COc1ccc2c(C(=O)C3=CCC(O)C=C3)c(-c3ccc(F)c(OC)c3Cl)ccc2c1. The van der Waals surface area contributed by atoms with Gasteiger partial charge in [-0.25, -0.2) is 4.39 Å². The number of carbonyl (C=O) groups excluding carboxylic acids is 1. The number of methoxy groups -OCH3 is 2. The average Bonchev–Trinajstić information content (AvgIpc) is 2.78. The minimum atomic E-state index is -0.608. The van der Waals surface area contributed by atoms with Crippen molar-refractivity contribution in [2.24, 2.45) is 0 Å². The van der Waals surface area contributed by atoms with E-state index in [1.807, 2.05) is 18.2 Å². The van der Waals surface area contributed by atoms with Crippen LogP contribution in [0.2, 0.25) is 5.02 Å². The quantitative estimate of drug-likeness (QED) is 0.515. The molecule has 4 nitrogen and oxygen atoms in total. The summed E-state index contributed by atoms with van der Waals surface area (Å²) in [4.78, 5) is 13.6. The Kier molecular flexibility index (Phi) is 5.81. The zero-order valence-corrected chi connectivity index (χ0v) is 17.7. The number of rotatable bonds is 5. The molecule has 1 aliphatic carbocycles. The Morgan fingerprint density at radius 2 is 1.87 bits per heavy atom. The summed E-state index contributed by atoms with van der Waals surface area (Å²) in [6.45, 7) is 0. The van der Waals surface area contributed by atoms with E-state index < -0.39 is 11.9 Å². The maximum atomic E-state index is 14.1. The molecule has 1 unspecified atom stereocenters. The molecule has 0 spiro atoms. The summed E-state index contributed by atoms with van der Waals surface area (Å²) in [7, 11) is 2.92. The highest BCUT2D eigenvalue weighted by molar-refractivity contribution is 6.35. The topological polar surface area (TPSA) is 55.8 Å². The molecule has 0 fully saturated rings. The number of Topliss-reactive ketones (excluding diaryl/α,β-unsaturated/α-hetero) is 1. The van der Waals surface area contributed by atoms with Crippen LogP contribution in [-0.4, -0.2) is 31.2 Å². The fraction of sp³-hybridized carbons (Fsp3) is 0.160. The highest BCUT2D eigenvalue weighted by atomic mass is 35.5. The molecule has 0 radical (unpaired) electrons. The molecule has 0 bridgehead atoms. The largest absolute Gasteiger partial charge is 0.497 e. The molecule has 3 aromatic rings. The van der Waals surface area contributed by atoms with E-state index in [0.717, 1.165) is 5.39 Å². The number of ether oxygens (including phenoxy) is 2. The lowest BCUT2D eigenvalue weighted by Gasteiger charge is -2.17. The summed E-state index contributed by atoms with van der Waals surface area (Å²) in [5, 5.41) is 11.4. The molecule has 1 aliphatic rings. The van der Waals surface area contributed by atoms with Crippen molar-refractivity contribution in [2.75, 3.05) is 14.2 Å². The van der Waals surface area contributed by atoms with Crippen LogP contribution in [0.1, 0.15) is 16.8 Å². The Labute approximate surface area is 184 Å². The Morgan fingerprint density at radius 1 is 1.10 bits per heavy atom. The van der Waals surface area contributed by atoms with Crippen molar-refractivity contribution in [3.8, 4) is 22.6 Å². The van der Waals surface area contributed by atoms with E-state index in [1.165, 1.54) is 19.2 Å². The lowest BCUT2D eigenvalue weighted by molar-refractivity contribution is 0.103. The summed E-state index contributed by atoms with van der Waals surface area (Å²) in [6.07, 6.45) is 4.68. The summed E-state index contributed by atoms with van der Waals surface area (Å²) in [5.41, 5.74) is 1.95. The third kappa shape index (κ3) is 3.82. The highest BCUT2D eigenvalue weighted by Gasteiger charge is 2.24. The van der Waals surface area contributed by atoms with Crippen LogP contribution in [0, 0.1) is 5.82 Å². The number of aliphatic hydroxyl groups excluding tert-OH is 1. The van der Waals surface area contributed by atoms with Crippen LogP contribution in [0.25, 0.3) is 21.9 Å². The summed E-state index contributed by atoms with van der Waals surface area (Å²) < 4.78 is 24.6. The van der Waals surface area contributed by atoms with Crippen LogP contribution in [0.3, 0.4) is 0 Å². The number of carbonyl (C=O) groups is 1. The Bertz CT molecular complexity index is 1250. The van der Waals surface area contributed by atoms with E-state index in [0.29, 0.717) is 39.8 Å². The molecule has 0 amide bonds. The predicted octanol–water partition coefficient (Wildman–Crippen LogP) is 5.75. The van der Waals surface area contributed by atoms with Gasteiger partial charge in [0.15, 0.2) is 17.3 Å². The molecule has 4 rings (SSSR count). The van der Waals surface area contributed by atoms with Crippen LogP contribution in [0.15, 0.2) is 66.3 Å². The fourth-order valence-electron chi connectivity index (χ4n) is 3.75. The molecule has 0 saturated heterocycles. The monoisotopic (exact) mass is 438 g/mol. The maximum absolute atomic E-state index is 14.1. The van der Waals surface area contributed by atoms with Gasteiger partial charge in [-0.05, 0) is 53.1 Å².